The molecule has 0 spiro atoms. The molecule has 0 fully saturated rings. The molecule has 0 atom stereocenters. The molecule has 0 saturated carbocycles. The van der Waals surface area contributed by atoms with E-state index in [9.17, 15) is 22.8 Å². The molecule has 1 aromatic heterocycles. The Balaban J connectivity index is 2.57. The molecular formula is C13H5Cl3F3N3O2S2. The molecule has 0 N–H and O–H groups in total. The van der Waals surface area contributed by atoms with Gasteiger partial charge in [0.05, 0.1) is 5.69 Å². The summed E-state index contributed by atoms with van der Waals surface area (Å²) < 4.78 is 36.5. The fourth-order valence-corrected chi connectivity index (χ4v) is 3.50. The molecule has 13 heteroatoms. The molecule has 0 aliphatic rings. The summed E-state index contributed by atoms with van der Waals surface area (Å²) in [6, 6.07) is 6.35. The fraction of sp³-hybridized carbons (Fsp3) is 0.154. The van der Waals surface area contributed by atoms with Crippen molar-refractivity contribution in [3.63, 3.8) is 0 Å². The Morgan fingerprint density at radius 3 is 2.12 bits per heavy atom. The molecule has 0 radical (unpaired) electrons. The fourth-order valence-electron chi connectivity index (χ4n) is 1.79. The summed E-state index contributed by atoms with van der Waals surface area (Å²) in [6.45, 7) is 0. The third-order valence-corrected chi connectivity index (χ3v) is 4.79. The van der Waals surface area contributed by atoms with E-state index in [1.165, 1.54) is 12.1 Å². The summed E-state index contributed by atoms with van der Waals surface area (Å²) in [5.41, 5.74) is -6.67. The minimum Gasteiger partial charge on any atom is -0.267 e. The average Bonchev–Trinajstić information content (AvgIpc) is 2.50. The predicted octanol–water partition coefficient (Wildman–Crippen LogP) is 4.31. The maximum absolute atomic E-state index is 12.5. The van der Waals surface area contributed by atoms with Gasteiger partial charge in [-0.05, 0) is 36.0 Å². The van der Waals surface area contributed by atoms with Crippen LogP contribution in [0.15, 0.2) is 44.9 Å². The molecule has 2 aromatic rings. The van der Waals surface area contributed by atoms with Gasteiger partial charge in [-0.2, -0.15) is 22.4 Å². The second-order valence-electron chi connectivity index (χ2n) is 4.49. The van der Waals surface area contributed by atoms with Crippen molar-refractivity contribution in [2.45, 2.75) is 13.5 Å². The normalized spacial score (nSPS) is 12.0. The maximum Gasteiger partial charge on any atom is 0.446 e. The summed E-state index contributed by atoms with van der Waals surface area (Å²) in [4.78, 5) is 24.5. The highest BCUT2D eigenvalue weighted by atomic mass is 35.6. The van der Waals surface area contributed by atoms with E-state index in [0.29, 0.717) is 3.97 Å². The van der Waals surface area contributed by atoms with Crippen LogP contribution < -0.4 is 11.2 Å². The van der Waals surface area contributed by atoms with Crippen molar-refractivity contribution in [3.05, 3.63) is 56.9 Å². The third-order valence-electron chi connectivity index (χ3n) is 2.72. The van der Waals surface area contributed by atoms with Crippen molar-refractivity contribution in [1.29, 1.82) is 5.26 Å². The standard InChI is InChI=1S/C13H5Cl3F3N3O2S2/c14-12(15,16)26-22-10(23)7(5-20)6-21(11(22)24)8-1-3-9(4-2-8)25-13(17,18)19/h1-4,6H. The molecule has 26 heavy (non-hydrogen) atoms. The summed E-state index contributed by atoms with van der Waals surface area (Å²) in [5, 5.41) is 9.06. The van der Waals surface area contributed by atoms with E-state index < -0.39 is 25.4 Å². The Bertz CT molecular complexity index is 976. The lowest BCUT2D eigenvalue weighted by molar-refractivity contribution is -0.0328. The largest absolute Gasteiger partial charge is 0.446 e. The molecule has 5 nitrogen and oxygen atoms in total. The topological polar surface area (TPSA) is 67.8 Å². The first-order valence-electron chi connectivity index (χ1n) is 6.32. The van der Waals surface area contributed by atoms with Gasteiger partial charge < -0.3 is 0 Å². The first-order valence-corrected chi connectivity index (χ1v) is 9.05. The second-order valence-corrected chi connectivity index (χ2v) is 9.74. The van der Waals surface area contributed by atoms with Crippen LogP contribution in [0.5, 0.6) is 0 Å². The number of halogens is 6. The zero-order valence-corrected chi connectivity index (χ0v) is 16.0. The Kier molecular flexibility index (Phi) is 6.30. The van der Waals surface area contributed by atoms with Crippen LogP contribution in [0.2, 0.25) is 0 Å². The predicted molar refractivity (Wildman–Crippen MR) is 96.2 cm³/mol. The van der Waals surface area contributed by atoms with Crippen molar-refractivity contribution in [2.24, 2.45) is 0 Å². The first kappa shape index (κ1) is 21.1. The van der Waals surface area contributed by atoms with Crippen LogP contribution in [0.25, 0.3) is 5.69 Å². The van der Waals surface area contributed by atoms with Crippen LogP contribution in [0.3, 0.4) is 0 Å². The minimum atomic E-state index is -4.46. The Hall–Kier alpha value is -1.25. The number of thioether (sulfide) groups is 1. The molecule has 0 aliphatic carbocycles. The van der Waals surface area contributed by atoms with E-state index in [1.54, 1.807) is 6.07 Å². The van der Waals surface area contributed by atoms with Gasteiger partial charge in [0.2, 0.25) is 0 Å². The van der Waals surface area contributed by atoms with Gasteiger partial charge in [-0.15, -0.1) is 0 Å². The highest BCUT2D eigenvalue weighted by molar-refractivity contribution is 8.03. The molecule has 1 heterocycles. The van der Waals surface area contributed by atoms with Gasteiger partial charge in [0.1, 0.15) is 11.6 Å². The van der Waals surface area contributed by atoms with Crippen LogP contribution in [0.1, 0.15) is 5.56 Å². The van der Waals surface area contributed by atoms with Crippen molar-refractivity contribution < 1.29 is 13.2 Å². The van der Waals surface area contributed by atoms with Gasteiger partial charge >= 0.3 is 11.2 Å². The van der Waals surface area contributed by atoms with Gasteiger partial charge in [0, 0.05) is 23.0 Å². The highest BCUT2D eigenvalue weighted by Gasteiger charge is 2.29. The number of hydrogen-bond donors (Lipinski definition) is 0. The van der Waals surface area contributed by atoms with Gasteiger partial charge in [-0.1, -0.05) is 34.8 Å². The number of nitrogens with zero attached hydrogens (tertiary/aromatic N) is 3. The number of alkyl halides is 6. The number of hydrogen-bond acceptors (Lipinski definition) is 5. The van der Waals surface area contributed by atoms with E-state index >= 15 is 0 Å². The van der Waals surface area contributed by atoms with E-state index in [0.717, 1.165) is 22.9 Å². The van der Waals surface area contributed by atoms with E-state index in [1.807, 2.05) is 0 Å². The third kappa shape index (κ3) is 5.37. The second kappa shape index (κ2) is 7.78. The quantitative estimate of drug-likeness (QED) is 0.502. The smallest absolute Gasteiger partial charge is 0.267 e. The van der Waals surface area contributed by atoms with Gasteiger partial charge in [0.15, 0.2) is 0 Å². The van der Waals surface area contributed by atoms with Gasteiger partial charge in [-0.25, -0.2) is 4.79 Å². The number of benzene rings is 1. The molecule has 0 amide bonds. The lowest BCUT2D eigenvalue weighted by Gasteiger charge is -2.14. The van der Waals surface area contributed by atoms with Crippen molar-refractivity contribution in [3.8, 4) is 11.8 Å². The lowest BCUT2D eigenvalue weighted by atomic mass is 10.3. The molecular weight excluding hydrogens is 458 g/mol. The lowest BCUT2D eigenvalue weighted by Crippen LogP contribution is -2.38. The molecule has 0 unspecified atom stereocenters. The van der Waals surface area contributed by atoms with Crippen LogP contribution in [0.4, 0.5) is 13.2 Å². The summed E-state index contributed by atoms with van der Waals surface area (Å²) in [7, 11) is 0. The summed E-state index contributed by atoms with van der Waals surface area (Å²) in [6.07, 6.45) is 0.964. The Morgan fingerprint density at radius 1 is 1.08 bits per heavy atom. The monoisotopic (exact) mass is 461 g/mol. The van der Waals surface area contributed by atoms with Crippen LogP contribution in [-0.2, 0) is 0 Å². The van der Waals surface area contributed by atoms with Crippen LogP contribution in [0, 0.1) is 11.3 Å². The van der Waals surface area contributed by atoms with Gasteiger partial charge in [0.25, 0.3) is 8.68 Å². The molecule has 2 rings (SSSR count). The molecule has 1 aromatic carbocycles. The van der Waals surface area contributed by atoms with Crippen molar-refractivity contribution >= 4 is 58.5 Å². The van der Waals surface area contributed by atoms with E-state index in [2.05, 4.69) is 0 Å². The first-order chi connectivity index (χ1) is 11.9. The molecule has 138 valence electrons. The number of aromatic nitrogens is 2. The van der Waals surface area contributed by atoms with Crippen LogP contribution >= 0.6 is 58.5 Å². The van der Waals surface area contributed by atoms with E-state index in [-0.39, 0.29) is 34.3 Å². The SMILES string of the molecule is N#Cc1cn(-c2ccc(SC(F)(F)F)cc2)c(=O)n(SC(Cl)(Cl)Cl)c1=O. The van der Waals surface area contributed by atoms with Crippen molar-refractivity contribution in [2.75, 3.05) is 0 Å². The zero-order valence-electron chi connectivity index (χ0n) is 12.1. The average molecular weight is 463 g/mol. The number of rotatable bonds is 3. The zero-order chi connectivity index (χ0) is 19.7. The van der Waals surface area contributed by atoms with Gasteiger partial charge in [-0.3, -0.25) is 9.36 Å². The molecule has 0 aliphatic heterocycles. The van der Waals surface area contributed by atoms with Crippen LogP contribution in [-0.4, -0.2) is 17.2 Å². The summed E-state index contributed by atoms with van der Waals surface area (Å²) in [5.74, 6) is 0. The minimum absolute atomic E-state index is 0.0983. The Morgan fingerprint density at radius 2 is 1.65 bits per heavy atom. The van der Waals surface area contributed by atoms with Crippen molar-refractivity contribution in [1.82, 2.24) is 8.54 Å². The Labute approximate surface area is 167 Å². The van der Waals surface area contributed by atoms with E-state index in [4.69, 9.17) is 40.1 Å². The highest BCUT2D eigenvalue weighted by Crippen LogP contribution is 2.38. The summed E-state index contributed by atoms with van der Waals surface area (Å²) >= 11 is 16.7. The molecule has 0 bridgehead atoms. The molecule has 0 saturated heterocycles. The maximum atomic E-state index is 12.5. The number of nitriles is 1.